The van der Waals surface area contributed by atoms with Crippen molar-refractivity contribution in [3.8, 4) is 11.3 Å². The van der Waals surface area contributed by atoms with Crippen molar-refractivity contribution < 1.29 is 4.79 Å². The Balaban J connectivity index is 1.81. The molecule has 1 N–H and O–H groups in total. The van der Waals surface area contributed by atoms with E-state index in [1.807, 2.05) is 30.3 Å². The summed E-state index contributed by atoms with van der Waals surface area (Å²) >= 11 is 0. The van der Waals surface area contributed by atoms with Crippen LogP contribution < -0.4 is 10.2 Å². The fraction of sp³-hybridized carbons (Fsp3) is 0.421. The maximum absolute atomic E-state index is 12.3. The molecule has 0 aliphatic carbocycles. The highest BCUT2D eigenvalue weighted by atomic mass is 16.1. The van der Waals surface area contributed by atoms with Crippen molar-refractivity contribution in [2.45, 2.75) is 26.7 Å². The normalized spacial score (nSPS) is 14.2. The molecule has 1 saturated heterocycles. The summed E-state index contributed by atoms with van der Waals surface area (Å²) in [6.45, 7) is 6.94. The lowest BCUT2D eigenvalue weighted by Crippen LogP contribution is -2.27. The second-order valence-corrected chi connectivity index (χ2v) is 6.64. The summed E-state index contributed by atoms with van der Waals surface area (Å²) in [4.78, 5) is 23.3. The van der Waals surface area contributed by atoms with Gasteiger partial charge in [-0.25, -0.2) is 9.97 Å². The zero-order valence-corrected chi connectivity index (χ0v) is 14.3. The lowest BCUT2D eigenvalue weighted by molar-refractivity contribution is 0.0949. The fourth-order valence-corrected chi connectivity index (χ4v) is 2.84. The monoisotopic (exact) mass is 324 g/mol. The first-order chi connectivity index (χ1) is 11.6. The van der Waals surface area contributed by atoms with Crippen LogP contribution in [-0.4, -0.2) is 35.5 Å². The van der Waals surface area contributed by atoms with Gasteiger partial charge in [-0.3, -0.25) is 4.79 Å². The van der Waals surface area contributed by atoms with Gasteiger partial charge in [0.25, 0.3) is 5.91 Å². The molecular weight excluding hydrogens is 300 g/mol. The number of carbonyl (C=O) groups excluding carboxylic acids is 1. The maximum Gasteiger partial charge on any atom is 0.251 e. The van der Waals surface area contributed by atoms with Gasteiger partial charge in [-0.1, -0.05) is 26.0 Å². The Hall–Kier alpha value is -2.43. The first-order valence-electron chi connectivity index (χ1n) is 8.59. The zero-order valence-electron chi connectivity index (χ0n) is 14.3. The van der Waals surface area contributed by atoms with Gasteiger partial charge in [0.1, 0.15) is 12.1 Å². The van der Waals surface area contributed by atoms with Gasteiger partial charge in [-0.15, -0.1) is 0 Å². The maximum atomic E-state index is 12.3. The van der Waals surface area contributed by atoms with E-state index in [1.54, 1.807) is 6.33 Å². The topological polar surface area (TPSA) is 58.1 Å². The molecule has 0 atom stereocenters. The summed E-state index contributed by atoms with van der Waals surface area (Å²) in [6.07, 6.45) is 4.03. The van der Waals surface area contributed by atoms with Crippen LogP contribution in [0.1, 0.15) is 37.0 Å². The second-order valence-electron chi connectivity index (χ2n) is 6.64. The third-order valence-corrected chi connectivity index (χ3v) is 4.17. The van der Waals surface area contributed by atoms with Crippen molar-refractivity contribution in [1.29, 1.82) is 0 Å². The lowest BCUT2D eigenvalue weighted by atomic mass is 10.1. The van der Waals surface area contributed by atoms with Gasteiger partial charge in [0, 0.05) is 36.8 Å². The van der Waals surface area contributed by atoms with Gasteiger partial charge >= 0.3 is 0 Å². The van der Waals surface area contributed by atoms with E-state index < -0.39 is 0 Å². The van der Waals surface area contributed by atoms with Crippen LogP contribution in [-0.2, 0) is 0 Å². The molecule has 1 fully saturated rings. The Morgan fingerprint density at radius 2 is 2.00 bits per heavy atom. The van der Waals surface area contributed by atoms with Gasteiger partial charge < -0.3 is 10.2 Å². The van der Waals surface area contributed by atoms with Crippen LogP contribution in [0.15, 0.2) is 36.7 Å². The number of hydrogen-bond acceptors (Lipinski definition) is 4. The molecule has 24 heavy (non-hydrogen) atoms. The molecule has 0 spiro atoms. The van der Waals surface area contributed by atoms with Crippen LogP contribution in [0.4, 0.5) is 5.82 Å². The lowest BCUT2D eigenvalue weighted by Gasteiger charge is -2.16. The fourth-order valence-electron chi connectivity index (χ4n) is 2.84. The molecule has 1 aromatic heterocycles. The first kappa shape index (κ1) is 16.4. The standard InChI is InChI=1S/C19H24N4O/c1-14(2)12-20-19(24)16-7-5-6-15(10-16)17-11-18(22-13-21-17)23-8-3-4-9-23/h5-7,10-11,13-14H,3-4,8-9,12H2,1-2H3,(H,20,24). The van der Waals surface area contributed by atoms with Crippen LogP contribution in [0, 0.1) is 5.92 Å². The van der Waals surface area contributed by atoms with E-state index in [0.717, 1.165) is 30.2 Å². The summed E-state index contributed by atoms with van der Waals surface area (Å²) < 4.78 is 0. The molecule has 1 aromatic carbocycles. The number of anilines is 1. The first-order valence-corrected chi connectivity index (χ1v) is 8.59. The highest BCUT2D eigenvalue weighted by Gasteiger charge is 2.15. The highest BCUT2D eigenvalue weighted by Crippen LogP contribution is 2.23. The highest BCUT2D eigenvalue weighted by molar-refractivity contribution is 5.95. The second kappa shape index (κ2) is 7.43. The van der Waals surface area contributed by atoms with E-state index in [0.29, 0.717) is 18.0 Å². The third-order valence-electron chi connectivity index (χ3n) is 4.17. The Morgan fingerprint density at radius 1 is 1.21 bits per heavy atom. The summed E-state index contributed by atoms with van der Waals surface area (Å²) in [5.41, 5.74) is 2.45. The molecule has 5 nitrogen and oxygen atoms in total. The number of rotatable bonds is 5. The molecule has 1 aliphatic heterocycles. The zero-order chi connectivity index (χ0) is 16.9. The van der Waals surface area contributed by atoms with Gasteiger partial charge in [0.2, 0.25) is 0 Å². The number of benzene rings is 1. The van der Waals surface area contributed by atoms with Crippen molar-refractivity contribution in [3.05, 3.63) is 42.2 Å². The van der Waals surface area contributed by atoms with E-state index in [9.17, 15) is 4.79 Å². The van der Waals surface area contributed by atoms with Crippen LogP contribution in [0.3, 0.4) is 0 Å². The van der Waals surface area contributed by atoms with E-state index in [2.05, 4.69) is 34.0 Å². The SMILES string of the molecule is CC(C)CNC(=O)c1cccc(-c2cc(N3CCCC3)ncn2)c1. The summed E-state index contributed by atoms with van der Waals surface area (Å²) in [6, 6.07) is 9.62. The van der Waals surface area contributed by atoms with Gasteiger partial charge in [0.15, 0.2) is 0 Å². The van der Waals surface area contributed by atoms with E-state index in [1.165, 1.54) is 12.8 Å². The molecule has 1 amide bonds. The van der Waals surface area contributed by atoms with Crippen molar-refractivity contribution in [2.24, 2.45) is 5.92 Å². The number of aromatic nitrogens is 2. The van der Waals surface area contributed by atoms with Crippen molar-refractivity contribution >= 4 is 11.7 Å². The largest absolute Gasteiger partial charge is 0.357 e. The average molecular weight is 324 g/mol. The van der Waals surface area contributed by atoms with E-state index in [4.69, 9.17) is 0 Å². The van der Waals surface area contributed by atoms with E-state index >= 15 is 0 Å². The number of nitrogens with one attached hydrogen (secondary N) is 1. The minimum atomic E-state index is -0.0422. The predicted octanol–water partition coefficient (Wildman–Crippen LogP) is 3.13. The van der Waals surface area contributed by atoms with Crippen LogP contribution in [0.5, 0.6) is 0 Å². The minimum Gasteiger partial charge on any atom is -0.357 e. The number of nitrogens with zero attached hydrogens (tertiary/aromatic N) is 3. The Labute approximate surface area is 143 Å². The molecule has 0 bridgehead atoms. The molecule has 1 aliphatic rings. The van der Waals surface area contributed by atoms with Gasteiger partial charge in [-0.2, -0.15) is 0 Å². The van der Waals surface area contributed by atoms with Crippen molar-refractivity contribution in [1.82, 2.24) is 15.3 Å². The number of carbonyl (C=O) groups is 1. The predicted molar refractivity (Wildman–Crippen MR) is 96.1 cm³/mol. The van der Waals surface area contributed by atoms with Gasteiger partial charge in [-0.05, 0) is 30.9 Å². The molecule has 2 heterocycles. The molecular formula is C19H24N4O. The Bertz CT molecular complexity index is 708. The molecule has 3 rings (SSSR count). The third kappa shape index (κ3) is 3.91. The van der Waals surface area contributed by atoms with Crippen LogP contribution in [0.2, 0.25) is 0 Å². The molecule has 0 unspecified atom stereocenters. The quantitative estimate of drug-likeness (QED) is 0.918. The average Bonchev–Trinajstić information content (AvgIpc) is 3.14. The van der Waals surface area contributed by atoms with Crippen LogP contribution >= 0.6 is 0 Å². The van der Waals surface area contributed by atoms with Crippen LogP contribution in [0.25, 0.3) is 11.3 Å². The van der Waals surface area contributed by atoms with Crippen molar-refractivity contribution in [3.63, 3.8) is 0 Å². The van der Waals surface area contributed by atoms with E-state index in [-0.39, 0.29) is 5.91 Å². The summed E-state index contributed by atoms with van der Waals surface area (Å²) in [5.74, 6) is 1.36. The Kier molecular flexibility index (Phi) is 5.08. The smallest absolute Gasteiger partial charge is 0.251 e. The molecule has 0 radical (unpaired) electrons. The summed E-state index contributed by atoms with van der Waals surface area (Å²) in [5, 5.41) is 2.95. The number of amides is 1. The van der Waals surface area contributed by atoms with Crippen molar-refractivity contribution in [2.75, 3.05) is 24.5 Å². The minimum absolute atomic E-state index is 0.0422. The number of hydrogen-bond donors (Lipinski definition) is 1. The molecule has 0 saturated carbocycles. The van der Waals surface area contributed by atoms with Gasteiger partial charge in [0.05, 0.1) is 5.69 Å². The Morgan fingerprint density at radius 3 is 2.75 bits per heavy atom. The molecule has 126 valence electrons. The molecule has 2 aromatic rings. The summed E-state index contributed by atoms with van der Waals surface area (Å²) in [7, 11) is 0. The molecule has 5 heteroatoms.